The number of carbonyl (C=O) groups is 2. The van der Waals surface area contributed by atoms with Crippen molar-refractivity contribution in [1.29, 1.82) is 0 Å². The summed E-state index contributed by atoms with van der Waals surface area (Å²) >= 11 is 6.12. The molecule has 1 atom stereocenters. The van der Waals surface area contributed by atoms with E-state index < -0.39 is 11.9 Å². The number of fused-ring (bicyclic) bond motifs is 1. The van der Waals surface area contributed by atoms with Crippen molar-refractivity contribution in [2.45, 2.75) is 32.4 Å². The highest BCUT2D eigenvalue weighted by Crippen LogP contribution is 2.40. The Bertz CT molecular complexity index is 1180. The van der Waals surface area contributed by atoms with Crippen molar-refractivity contribution in [1.82, 2.24) is 14.9 Å². The van der Waals surface area contributed by atoms with Gasteiger partial charge < -0.3 is 10.6 Å². The number of primary amides is 1. The highest BCUT2D eigenvalue weighted by Gasteiger charge is 2.34. The molecule has 158 valence electrons. The SMILES string of the molecule is Cc1ncccc1C(=O)N(Cc1cccnc1C(N)=O)[C@@H]1CCc2c(F)cc(Cl)cc21. The average molecular weight is 439 g/mol. The molecule has 1 aromatic carbocycles. The number of aromatic nitrogens is 2. The number of rotatable bonds is 5. The lowest BCUT2D eigenvalue weighted by Gasteiger charge is -2.31. The molecule has 0 saturated carbocycles. The van der Waals surface area contributed by atoms with Crippen LogP contribution in [-0.2, 0) is 13.0 Å². The van der Waals surface area contributed by atoms with Crippen molar-refractivity contribution in [3.05, 3.63) is 93.3 Å². The second-order valence-electron chi connectivity index (χ2n) is 7.45. The molecular formula is C23H20ClFN4O2. The minimum absolute atomic E-state index is 0.0809. The number of nitrogens with two attached hydrogens (primary N) is 1. The zero-order valence-corrected chi connectivity index (χ0v) is 17.6. The molecule has 3 aromatic rings. The lowest BCUT2D eigenvalue weighted by Crippen LogP contribution is -2.35. The molecule has 2 aromatic heterocycles. The molecule has 0 spiro atoms. The largest absolute Gasteiger partial charge is 0.364 e. The molecule has 0 fully saturated rings. The number of carbonyl (C=O) groups excluding carboxylic acids is 2. The predicted molar refractivity (Wildman–Crippen MR) is 114 cm³/mol. The summed E-state index contributed by atoms with van der Waals surface area (Å²) in [6, 6.07) is 9.34. The average Bonchev–Trinajstić information content (AvgIpc) is 3.16. The van der Waals surface area contributed by atoms with Gasteiger partial charge >= 0.3 is 0 Å². The van der Waals surface area contributed by atoms with E-state index in [9.17, 15) is 14.0 Å². The summed E-state index contributed by atoms with van der Waals surface area (Å²) in [5.74, 6) is -1.33. The van der Waals surface area contributed by atoms with Gasteiger partial charge in [0.25, 0.3) is 11.8 Å². The zero-order chi connectivity index (χ0) is 22.1. The first kappa shape index (κ1) is 20.9. The first-order chi connectivity index (χ1) is 14.9. The third-order valence-corrected chi connectivity index (χ3v) is 5.78. The highest BCUT2D eigenvalue weighted by molar-refractivity contribution is 6.30. The maximum atomic E-state index is 14.5. The van der Waals surface area contributed by atoms with E-state index in [2.05, 4.69) is 9.97 Å². The van der Waals surface area contributed by atoms with Crippen molar-refractivity contribution in [3.63, 3.8) is 0 Å². The van der Waals surface area contributed by atoms with Gasteiger partial charge in [0.2, 0.25) is 0 Å². The van der Waals surface area contributed by atoms with Gasteiger partial charge in [0, 0.05) is 35.2 Å². The van der Waals surface area contributed by atoms with Gasteiger partial charge in [0.1, 0.15) is 11.5 Å². The maximum Gasteiger partial charge on any atom is 0.267 e. The van der Waals surface area contributed by atoms with Crippen molar-refractivity contribution < 1.29 is 14.0 Å². The Hall–Kier alpha value is -3.32. The Labute approximate surface area is 183 Å². The molecule has 0 saturated heterocycles. The number of hydrogen-bond acceptors (Lipinski definition) is 4. The Balaban J connectivity index is 1.81. The van der Waals surface area contributed by atoms with E-state index in [1.807, 2.05) is 0 Å². The number of benzene rings is 1. The Kier molecular flexibility index (Phi) is 5.69. The summed E-state index contributed by atoms with van der Waals surface area (Å²) in [6.45, 7) is 1.83. The van der Waals surface area contributed by atoms with Crippen LogP contribution in [0.15, 0.2) is 48.8 Å². The fourth-order valence-electron chi connectivity index (χ4n) is 4.10. The van der Waals surface area contributed by atoms with Crippen LogP contribution in [0.3, 0.4) is 0 Å². The molecule has 1 aliphatic rings. The fourth-order valence-corrected chi connectivity index (χ4v) is 4.32. The number of halogens is 2. The lowest BCUT2D eigenvalue weighted by molar-refractivity contribution is 0.0654. The predicted octanol–water partition coefficient (Wildman–Crippen LogP) is 4.01. The van der Waals surface area contributed by atoms with E-state index in [1.54, 1.807) is 48.4 Å². The van der Waals surface area contributed by atoms with E-state index in [0.29, 0.717) is 40.8 Å². The van der Waals surface area contributed by atoms with E-state index in [-0.39, 0.29) is 29.0 Å². The minimum atomic E-state index is -0.679. The van der Waals surface area contributed by atoms with Crippen LogP contribution in [0.1, 0.15) is 55.7 Å². The standard InChI is InChI=1S/C23H20ClFN4O2/c1-13-16(5-3-8-27-13)23(31)29(12-14-4-2-9-28-21(14)22(26)30)20-7-6-17-18(20)10-15(24)11-19(17)25/h2-5,8-11,20H,6-7,12H2,1H3,(H2,26,30)/t20-/m1/s1. The molecular weight excluding hydrogens is 419 g/mol. The van der Waals surface area contributed by atoms with Crippen LogP contribution in [-0.4, -0.2) is 26.7 Å². The first-order valence-corrected chi connectivity index (χ1v) is 10.2. The Morgan fingerprint density at radius 2 is 1.97 bits per heavy atom. The lowest BCUT2D eigenvalue weighted by atomic mass is 10.0. The topological polar surface area (TPSA) is 89.2 Å². The van der Waals surface area contributed by atoms with Gasteiger partial charge in [-0.3, -0.25) is 19.6 Å². The highest BCUT2D eigenvalue weighted by atomic mass is 35.5. The van der Waals surface area contributed by atoms with Crippen LogP contribution >= 0.6 is 11.6 Å². The number of pyridine rings is 2. The molecule has 0 radical (unpaired) electrons. The summed E-state index contributed by atoms with van der Waals surface area (Å²) in [6.07, 6.45) is 4.10. The number of nitrogens with zero attached hydrogens (tertiary/aromatic N) is 3. The number of aryl methyl sites for hydroxylation is 1. The van der Waals surface area contributed by atoms with Crippen molar-refractivity contribution in [2.24, 2.45) is 5.73 Å². The van der Waals surface area contributed by atoms with Crippen molar-refractivity contribution in [3.8, 4) is 0 Å². The van der Waals surface area contributed by atoms with E-state index in [1.165, 1.54) is 12.3 Å². The quantitative estimate of drug-likeness (QED) is 0.651. The number of hydrogen-bond donors (Lipinski definition) is 1. The monoisotopic (exact) mass is 438 g/mol. The molecule has 0 unspecified atom stereocenters. The molecule has 2 heterocycles. The normalized spacial score (nSPS) is 14.9. The second kappa shape index (κ2) is 8.43. The third kappa shape index (κ3) is 4.01. The molecule has 2 N–H and O–H groups in total. The van der Waals surface area contributed by atoms with Crippen LogP contribution in [0.5, 0.6) is 0 Å². The molecule has 8 heteroatoms. The van der Waals surface area contributed by atoms with Crippen molar-refractivity contribution in [2.75, 3.05) is 0 Å². The Morgan fingerprint density at radius 3 is 2.71 bits per heavy atom. The van der Waals surface area contributed by atoms with Gasteiger partial charge in [-0.1, -0.05) is 17.7 Å². The van der Waals surface area contributed by atoms with Crippen LogP contribution < -0.4 is 5.73 Å². The van der Waals surface area contributed by atoms with Crippen LogP contribution in [0.4, 0.5) is 4.39 Å². The van der Waals surface area contributed by atoms with Crippen LogP contribution in [0, 0.1) is 12.7 Å². The Morgan fingerprint density at radius 1 is 1.23 bits per heavy atom. The summed E-state index contributed by atoms with van der Waals surface area (Å²) < 4.78 is 14.5. The molecule has 0 bridgehead atoms. The van der Waals surface area contributed by atoms with E-state index in [4.69, 9.17) is 17.3 Å². The molecule has 31 heavy (non-hydrogen) atoms. The van der Waals surface area contributed by atoms with Crippen LogP contribution in [0.25, 0.3) is 0 Å². The van der Waals surface area contributed by atoms with Gasteiger partial charge in [0.05, 0.1) is 11.6 Å². The van der Waals surface area contributed by atoms with Crippen molar-refractivity contribution >= 4 is 23.4 Å². The summed E-state index contributed by atoms with van der Waals surface area (Å²) in [4.78, 5) is 35.4. The third-order valence-electron chi connectivity index (χ3n) is 5.56. The zero-order valence-electron chi connectivity index (χ0n) is 16.8. The van der Waals surface area contributed by atoms with Gasteiger partial charge in [-0.15, -0.1) is 0 Å². The molecule has 4 rings (SSSR count). The van der Waals surface area contributed by atoms with Gasteiger partial charge in [-0.2, -0.15) is 0 Å². The summed E-state index contributed by atoms with van der Waals surface area (Å²) in [5, 5.41) is 0.271. The fraction of sp³-hybridized carbons (Fsp3) is 0.217. The van der Waals surface area contributed by atoms with Gasteiger partial charge in [-0.25, -0.2) is 4.39 Å². The maximum absolute atomic E-state index is 14.5. The summed E-state index contributed by atoms with van der Waals surface area (Å²) in [7, 11) is 0. The van der Waals surface area contributed by atoms with E-state index in [0.717, 1.165) is 0 Å². The van der Waals surface area contributed by atoms with Gasteiger partial charge in [0.15, 0.2) is 0 Å². The molecule has 2 amide bonds. The molecule has 1 aliphatic carbocycles. The first-order valence-electron chi connectivity index (χ1n) is 9.81. The molecule has 0 aliphatic heterocycles. The smallest absolute Gasteiger partial charge is 0.267 e. The summed E-state index contributed by atoms with van der Waals surface area (Å²) in [5.41, 5.74) is 8.33. The van der Waals surface area contributed by atoms with Crippen LogP contribution in [0.2, 0.25) is 5.02 Å². The van der Waals surface area contributed by atoms with E-state index >= 15 is 0 Å². The second-order valence-corrected chi connectivity index (χ2v) is 7.89. The molecule has 6 nitrogen and oxygen atoms in total. The van der Waals surface area contributed by atoms with Gasteiger partial charge in [-0.05, 0) is 61.2 Å². The minimum Gasteiger partial charge on any atom is -0.364 e. The number of amides is 2.